The lowest BCUT2D eigenvalue weighted by Gasteiger charge is -2.06. The summed E-state index contributed by atoms with van der Waals surface area (Å²) in [5.41, 5.74) is 3.80. The first-order valence-electron chi connectivity index (χ1n) is 6.78. The largest absolute Gasteiger partial charge is 0.346 e. The van der Waals surface area contributed by atoms with E-state index in [2.05, 4.69) is 28.9 Å². The molecule has 3 nitrogen and oxygen atoms in total. The van der Waals surface area contributed by atoms with Gasteiger partial charge >= 0.3 is 0 Å². The van der Waals surface area contributed by atoms with Gasteiger partial charge in [-0.15, -0.1) is 11.3 Å². The Morgan fingerprint density at radius 3 is 2.68 bits per heavy atom. The molecule has 3 rings (SSSR count). The van der Waals surface area contributed by atoms with Crippen molar-refractivity contribution in [3.63, 3.8) is 0 Å². The van der Waals surface area contributed by atoms with Crippen molar-refractivity contribution in [2.75, 3.05) is 5.32 Å². The summed E-state index contributed by atoms with van der Waals surface area (Å²) in [6.07, 6.45) is 4.13. The third kappa shape index (κ3) is 3.32. The summed E-state index contributed by atoms with van der Waals surface area (Å²) in [5.74, 6) is -0.0756. The molecule has 0 fully saturated rings. The summed E-state index contributed by atoms with van der Waals surface area (Å²) in [4.78, 5) is 12.9. The summed E-state index contributed by atoms with van der Waals surface area (Å²) >= 11 is 7.07. The van der Waals surface area contributed by atoms with Crippen molar-refractivity contribution >= 4 is 51.9 Å². The van der Waals surface area contributed by atoms with E-state index in [0.717, 1.165) is 27.5 Å². The Hall–Kier alpha value is -2.24. The lowest BCUT2D eigenvalue weighted by Crippen LogP contribution is -2.13. The number of rotatable bonds is 3. The Bertz CT molecular complexity index is 772. The van der Waals surface area contributed by atoms with Gasteiger partial charge in [-0.25, -0.2) is 0 Å². The standard InChI is InChI=1S/C17H14N2OS2/c1-11(20)18-14-6-4-12(5-7-14)16-10-13(17(21)19-16)9-15-3-2-8-22-15/h2-10H,1H3,(H,18,20)(H,19,21). The minimum atomic E-state index is -0.0756. The maximum absolute atomic E-state index is 11.0. The molecule has 2 heterocycles. The van der Waals surface area contributed by atoms with Crippen LogP contribution in [0, 0.1) is 0 Å². The predicted molar refractivity (Wildman–Crippen MR) is 96.8 cm³/mol. The van der Waals surface area contributed by atoms with Crippen molar-refractivity contribution in [3.05, 3.63) is 63.9 Å². The maximum Gasteiger partial charge on any atom is 0.221 e. The number of thiophene rings is 1. The Kier molecular flexibility index (Phi) is 4.18. The van der Waals surface area contributed by atoms with Crippen LogP contribution in [-0.2, 0) is 4.79 Å². The molecule has 1 amide bonds. The van der Waals surface area contributed by atoms with Crippen LogP contribution in [0.4, 0.5) is 5.69 Å². The summed E-state index contributed by atoms with van der Waals surface area (Å²) in [6.45, 7) is 1.50. The maximum atomic E-state index is 11.0. The molecule has 0 spiro atoms. The fraction of sp³-hybridized carbons (Fsp3) is 0.0588. The third-order valence-electron chi connectivity index (χ3n) is 3.17. The molecule has 5 heteroatoms. The van der Waals surface area contributed by atoms with Gasteiger partial charge in [0.1, 0.15) is 4.99 Å². The Morgan fingerprint density at radius 2 is 2.05 bits per heavy atom. The zero-order valence-corrected chi connectivity index (χ0v) is 13.6. The van der Waals surface area contributed by atoms with Gasteiger partial charge in [-0.2, -0.15) is 0 Å². The van der Waals surface area contributed by atoms with Crippen molar-refractivity contribution in [1.82, 2.24) is 5.32 Å². The van der Waals surface area contributed by atoms with Crippen LogP contribution in [0.25, 0.3) is 11.8 Å². The Labute approximate surface area is 138 Å². The molecule has 0 unspecified atom stereocenters. The fourth-order valence-electron chi connectivity index (χ4n) is 2.18. The van der Waals surface area contributed by atoms with Crippen molar-refractivity contribution in [3.8, 4) is 0 Å². The molecule has 1 aromatic carbocycles. The average molecular weight is 326 g/mol. The highest BCUT2D eigenvalue weighted by Gasteiger charge is 2.15. The molecule has 0 saturated heterocycles. The van der Waals surface area contributed by atoms with Crippen molar-refractivity contribution in [2.45, 2.75) is 6.92 Å². The predicted octanol–water partition coefficient (Wildman–Crippen LogP) is 4.06. The first-order valence-corrected chi connectivity index (χ1v) is 8.07. The number of thiocarbonyl (C=S) groups is 1. The second-order valence-corrected chi connectivity index (χ2v) is 6.27. The van der Waals surface area contributed by atoms with E-state index in [0.29, 0.717) is 0 Å². The van der Waals surface area contributed by atoms with Gasteiger partial charge in [0, 0.05) is 28.8 Å². The molecule has 1 aromatic heterocycles. The molecule has 0 radical (unpaired) electrons. The van der Waals surface area contributed by atoms with Gasteiger partial charge in [0.05, 0.1) is 0 Å². The molecular formula is C17H14N2OS2. The summed E-state index contributed by atoms with van der Waals surface area (Å²) in [6, 6.07) is 11.8. The van der Waals surface area contributed by atoms with E-state index in [1.807, 2.05) is 35.7 Å². The first kappa shape index (κ1) is 14.7. The van der Waals surface area contributed by atoms with E-state index in [1.54, 1.807) is 11.3 Å². The molecule has 2 aromatic rings. The monoisotopic (exact) mass is 326 g/mol. The summed E-state index contributed by atoms with van der Waals surface area (Å²) in [5, 5.41) is 8.03. The van der Waals surface area contributed by atoms with E-state index < -0.39 is 0 Å². The van der Waals surface area contributed by atoms with Crippen LogP contribution in [-0.4, -0.2) is 10.9 Å². The van der Waals surface area contributed by atoms with Gasteiger partial charge < -0.3 is 10.6 Å². The molecule has 0 bridgehead atoms. The molecule has 110 valence electrons. The average Bonchev–Trinajstić information content (AvgIpc) is 3.10. The van der Waals surface area contributed by atoms with E-state index >= 15 is 0 Å². The number of carbonyl (C=O) groups excluding carboxylic acids is 1. The fourth-order valence-corrected chi connectivity index (χ4v) is 3.07. The molecule has 0 saturated carbocycles. The molecular weight excluding hydrogens is 312 g/mol. The van der Waals surface area contributed by atoms with Gasteiger partial charge in [0.2, 0.25) is 5.91 Å². The van der Waals surface area contributed by atoms with Crippen LogP contribution in [0.3, 0.4) is 0 Å². The van der Waals surface area contributed by atoms with Crippen LogP contribution in [0.5, 0.6) is 0 Å². The van der Waals surface area contributed by atoms with Gasteiger partial charge in [-0.3, -0.25) is 4.79 Å². The normalized spacial score (nSPS) is 15.6. The van der Waals surface area contributed by atoms with E-state index in [4.69, 9.17) is 12.2 Å². The highest BCUT2D eigenvalue weighted by atomic mass is 32.1. The number of anilines is 1. The van der Waals surface area contributed by atoms with Crippen molar-refractivity contribution < 1.29 is 4.79 Å². The zero-order valence-electron chi connectivity index (χ0n) is 11.9. The molecule has 1 aliphatic rings. The van der Waals surface area contributed by atoms with Crippen LogP contribution < -0.4 is 10.6 Å². The number of carbonyl (C=O) groups is 1. The van der Waals surface area contributed by atoms with Gasteiger partial charge in [-0.1, -0.05) is 30.4 Å². The molecule has 22 heavy (non-hydrogen) atoms. The molecule has 0 atom stereocenters. The van der Waals surface area contributed by atoms with Gasteiger partial charge in [0.15, 0.2) is 0 Å². The zero-order chi connectivity index (χ0) is 15.5. The lowest BCUT2D eigenvalue weighted by atomic mass is 10.1. The van der Waals surface area contributed by atoms with Crippen molar-refractivity contribution in [2.24, 2.45) is 0 Å². The van der Waals surface area contributed by atoms with Crippen LogP contribution in [0.1, 0.15) is 17.4 Å². The highest BCUT2D eigenvalue weighted by molar-refractivity contribution is 7.80. The summed E-state index contributed by atoms with van der Waals surface area (Å²) in [7, 11) is 0. The quantitative estimate of drug-likeness (QED) is 0.660. The SMILES string of the molecule is CC(=O)Nc1ccc(C2=CC(=Cc3cccs3)C(=S)N2)cc1. The van der Waals surface area contributed by atoms with E-state index in [1.165, 1.54) is 11.8 Å². The number of amides is 1. The Morgan fingerprint density at radius 1 is 1.27 bits per heavy atom. The smallest absolute Gasteiger partial charge is 0.221 e. The second-order valence-electron chi connectivity index (χ2n) is 4.89. The van der Waals surface area contributed by atoms with Crippen LogP contribution in [0.2, 0.25) is 0 Å². The lowest BCUT2D eigenvalue weighted by molar-refractivity contribution is -0.114. The second kappa shape index (κ2) is 6.25. The molecule has 2 N–H and O–H groups in total. The molecule has 0 aliphatic carbocycles. The number of nitrogens with one attached hydrogen (secondary N) is 2. The van der Waals surface area contributed by atoms with E-state index in [9.17, 15) is 4.79 Å². The number of hydrogen-bond acceptors (Lipinski definition) is 3. The third-order valence-corrected chi connectivity index (χ3v) is 4.32. The van der Waals surface area contributed by atoms with Crippen LogP contribution >= 0.6 is 23.6 Å². The number of hydrogen-bond donors (Lipinski definition) is 2. The van der Waals surface area contributed by atoms with Gasteiger partial charge in [-0.05, 0) is 41.3 Å². The highest BCUT2D eigenvalue weighted by Crippen LogP contribution is 2.25. The minimum absolute atomic E-state index is 0.0756. The first-order chi connectivity index (χ1) is 10.6. The topological polar surface area (TPSA) is 41.1 Å². The Balaban J connectivity index is 1.83. The summed E-state index contributed by atoms with van der Waals surface area (Å²) < 4.78 is 0. The molecule has 1 aliphatic heterocycles. The van der Waals surface area contributed by atoms with Crippen molar-refractivity contribution in [1.29, 1.82) is 0 Å². The number of benzene rings is 1. The van der Waals surface area contributed by atoms with Crippen LogP contribution in [0.15, 0.2) is 53.4 Å². The minimum Gasteiger partial charge on any atom is -0.346 e. The van der Waals surface area contributed by atoms with Gasteiger partial charge in [0.25, 0.3) is 0 Å². The van der Waals surface area contributed by atoms with E-state index in [-0.39, 0.29) is 5.91 Å².